The molecule has 2 N–H and O–H groups in total. The Labute approximate surface area is 173 Å². The summed E-state index contributed by atoms with van der Waals surface area (Å²) in [5.74, 6) is 0. The molecule has 0 aliphatic carbocycles. The molecule has 0 aromatic heterocycles. The number of nitrogens with zero attached hydrogens (tertiary/aromatic N) is 3. The van der Waals surface area contributed by atoms with Crippen molar-refractivity contribution in [3.8, 4) is 0 Å². The van der Waals surface area contributed by atoms with Crippen LogP contribution in [0.5, 0.6) is 0 Å². The highest BCUT2D eigenvalue weighted by molar-refractivity contribution is 7.80. The van der Waals surface area contributed by atoms with Crippen LogP contribution in [0.1, 0.15) is 18.9 Å². The number of hydrogen-bond donors (Lipinski definition) is 2. The first-order valence-corrected chi connectivity index (χ1v) is 10.4. The van der Waals surface area contributed by atoms with Gasteiger partial charge in [-0.3, -0.25) is 10.3 Å². The largest absolute Gasteiger partial charge is 0.379 e. The molecule has 1 aromatic rings. The predicted molar refractivity (Wildman–Crippen MR) is 117 cm³/mol. The molecular formula is C20H31N5O2S. The first-order valence-electron chi connectivity index (χ1n) is 10.0. The molecule has 154 valence electrons. The molecule has 3 rings (SSSR count). The van der Waals surface area contributed by atoms with Gasteiger partial charge in [-0.2, -0.15) is 5.10 Å². The van der Waals surface area contributed by atoms with Crippen LogP contribution in [-0.2, 0) is 9.47 Å². The molecule has 7 nitrogen and oxygen atoms in total. The number of hydrazone groups is 1. The highest BCUT2D eigenvalue weighted by atomic mass is 32.1. The SMILES string of the molecule is C/C(=N/NC(=S)NCCCN1CCOCC1)c1ccc(N2CCOCC2)cc1. The van der Waals surface area contributed by atoms with Crippen LogP contribution in [-0.4, -0.2) is 81.4 Å². The second kappa shape index (κ2) is 11.3. The molecule has 0 unspecified atom stereocenters. The van der Waals surface area contributed by atoms with E-state index in [1.54, 1.807) is 0 Å². The van der Waals surface area contributed by atoms with Crippen molar-refractivity contribution in [1.29, 1.82) is 0 Å². The van der Waals surface area contributed by atoms with Gasteiger partial charge >= 0.3 is 0 Å². The van der Waals surface area contributed by atoms with Crippen LogP contribution in [0.4, 0.5) is 5.69 Å². The van der Waals surface area contributed by atoms with Gasteiger partial charge in [0.1, 0.15) is 0 Å². The average Bonchev–Trinajstić information content (AvgIpc) is 2.76. The predicted octanol–water partition coefficient (Wildman–Crippen LogP) is 1.43. The fraction of sp³-hybridized carbons (Fsp3) is 0.600. The lowest BCUT2D eigenvalue weighted by molar-refractivity contribution is 0.0376. The summed E-state index contributed by atoms with van der Waals surface area (Å²) in [4.78, 5) is 4.76. The van der Waals surface area contributed by atoms with E-state index in [9.17, 15) is 0 Å². The van der Waals surface area contributed by atoms with Crippen molar-refractivity contribution < 1.29 is 9.47 Å². The highest BCUT2D eigenvalue weighted by Gasteiger charge is 2.11. The number of benzene rings is 1. The van der Waals surface area contributed by atoms with Crippen LogP contribution in [0.2, 0.25) is 0 Å². The second-order valence-corrected chi connectivity index (χ2v) is 7.43. The number of ether oxygens (including phenoxy) is 2. The van der Waals surface area contributed by atoms with E-state index in [0.717, 1.165) is 83.4 Å². The number of thiocarbonyl (C=S) groups is 1. The first-order chi connectivity index (χ1) is 13.7. The van der Waals surface area contributed by atoms with E-state index >= 15 is 0 Å². The zero-order valence-electron chi connectivity index (χ0n) is 16.7. The van der Waals surface area contributed by atoms with Gasteiger partial charge in [0.05, 0.1) is 32.1 Å². The Balaban J connectivity index is 1.37. The molecule has 2 aliphatic rings. The van der Waals surface area contributed by atoms with Crippen LogP contribution in [0.25, 0.3) is 0 Å². The lowest BCUT2D eigenvalue weighted by atomic mass is 10.1. The standard InChI is InChI=1S/C20H31N5O2S/c1-17(18-3-5-19(6-4-18)25-11-15-27-16-12-25)22-23-20(28)21-7-2-8-24-9-13-26-14-10-24/h3-6H,2,7-16H2,1H3,(H2,21,23,28)/b22-17-. The fourth-order valence-electron chi connectivity index (χ4n) is 3.30. The quantitative estimate of drug-likeness (QED) is 0.308. The summed E-state index contributed by atoms with van der Waals surface area (Å²) >= 11 is 5.32. The van der Waals surface area contributed by atoms with Crippen LogP contribution in [0.15, 0.2) is 29.4 Å². The third kappa shape index (κ3) is 6.70. The summed E-state index contributed by atoms with van der Waals surface area (Å²) < 4.78 is 10.8. The van der Waals surface area contributed by atoms with E-state index in [0.29, 0.717) is 5.11 Å². The molecule has 0 radical (unpaired) electrons. The number of morpholine rings is 2. The smallest absolute Gasteiger partial charge is 0.186 e. The van der Waals surface area contributed by atoms with E-state index in [1.807, 2.05) is 6.92 Å². The van der Waals surface area contributed by atoms with Crippen molar-refractivity contribution >= 4 is 28.7 Å². The molecule has 2 saturated heterocycles. The maximum atomic E-state index is 5.41. The van der Waals surface area contributed by atoms with Gasteiger partial charge in [0.2, 0.25) is 0 Å². The molecule has 0 saturated carbocycles. The highest BCUT2D eigenvalue weighted by Crippen LogP contribution is 2.17. The lowest BCUT2D eigenvalue weighted by Crippen LogP contribution is -2.39. The van der Waals surface area contributed by atoms with Crippen molar-refractivity contribution in [2.45, 2.75) is 13.3 Å². The van der Waals surface area contributed by atoms with Crippen molar-refractivity contribution in [3.05, 3.63) is 29.8 Å². The third-order valence-corrected chi connectivity index (χ3v) is 5.26. The first kappa shape index (κ1) is 21.0. The maximum absolute atomic E-state index is 5.41. The Kier molecular flexibility index (Phi) is 8.47. The van der Waals surface area contributed by atoms with E-state index in [4.69, 9.17) is 21.7 Å². The summed E-state index contributed by atoms with van der Waals surface area (Å²) in [5.41, 5.74) is 6.16. The monoisotopic (exact) mass is 405 g/mol. The summed E-state index contributed by atoms with van der Waals surface area (Å²) in [6.07, 6.45) is 1.05. The molecule has 8 heteroatoms. The Bertz CT molecular complexity index is 641. The number of anilines is 1. The third-order valence-electron chi connectivity index (χ3n) is 5.03. The van der Waals surface area contributed by atoms with Gasteiger partial charge in [-0.05, 0) is 49.8 Å². The van der Waals surface area contributed by atoms with Crippen LogP contribution in [0.3, 0.4) is 0 Å². The molecule has 2 aliphatic heterocycles. The van der Waals surface area contributed by atoms with Crippen LogP contribution >= 0.6 is 12.2 Å². The molecule has 0 spiro atoms. The number of rotatable bonds is 7. The van der Waals surface area contributed by atoms with Crippen LogP contribution < -0.4 is 15.6 Å². The van der Waals surface area contributed by atoms with Crippen molar-refractivity contribution in [2.75, 3.05) is 70.6 Å². The zero-order chi connectivity index (χ0) is 19.6. The summed E-state index contributed by atoms with van der Waals surface area (Å²) in [6, 6.07) is 8.48. The maximum Gasteiger partial charge on any atom is 0.186 e. The van der Waals surface area contributed by atoms with E-state index in [-0.39, 0.29) is 0 Å². The molecule has 2 heterocycles. The summed E-state index contributed by atoms with van der Waals surface area (Å²) in [5, 5.41) is 8.19. The minimum atomic E-state index is 0.561. The molecule has 0 atom stereocenters. The molecule has 2 fully saturated rings. The molecule has 28 heavy (non-hydrogen) atoms. The van der Waals surface area contributed by atoms with Gasteiger partial charge in [-0.15, -0.1) is 0 Å². The van der Waals surface area contributed by atoms with Gasteiger partial charge in [0.15, 0.2) is 5.11 Å². The van der Waals surface area contributed by atoms with Gasteiger partial charge in [0.25, 0.3) is 0 Å². The van der Waals surface area contributed by atoms with Crippen LogP contribution in [0, 0.1) is 0 Å². The second-order valence-electron chi connectivity index (χ2n) is 7.02. The normalized spacial score (nSPS) is 18.8. The van der Waals surface area contributed by atoms with E-state index < -0.39 is 0 Å². The summed E-state index contributed by atoms with van der Waals surface area (Å²) in [7, 11) is 0. The number of nitrogens with one attached hydrogen (secondary N) is 2. The Hall–Kier alpha value is -1.74. The Morgan fingerprint density at radius 2 is 1.68 bits per heavy atom. The van der Waals surface area contributed by atoms with Gasteiger partial charge in [-0.25, -0.2) is 0 Å². The molecular weight excluding hydrogens is 374 g/mol. The van der Waals surface area contributed by atoms with E-state index in [2.05, 4.69) is 49.9 Å². The van der Waals surface area contributed by atoms with E-state index in [1.165, 1.54) is 5.69 Å². The van der Waals surface area contributed by atoms with Gasteiger partial charge in [0, 0.05) is 38.4 Å². The summed E-state index contributed by atoms with van der Waals surface area (Å²) in [6.45, 7) is 11.1. The van der Waals surface area contributed by atoms with Gasteiger partial charge < -0.3 is 19.7 Å². The lowest BCUT2D eigenvalue weighted by Gasteiger charge is -2.28. The zero-order valence-corrected chi connectivity index (χ0v) is 17.5. The van der Waals surface area contributed by atoms with Crippen molar-refractivity contribution in [1.82, 2.24) is 15.6 Å². The Morgan fingerprint density at radius 1 is 1.04 bits per heavy atom. The fourth-order valence-corrected chi connectivity index (χ4v) is 3.45. The number of hydrogen-bond acceptors (Lipinski definition) is 6. The van der Waals surface area contributed by atoms with Crippen molar-refractivity contribution in [3.63, 3.8) is 0 Å². The van der Waals surface area contributed by atoms with Crippen molar-refractivity contribution in [2.24, 2.45) is 5.10 Å². The average molecular weight is 406 g/mol. The molecule has 0 amide bonds. The molecule has 1 aromatic carbocycles. The van der Waals surface area contributed by atoms with Gasteiger partial charge in [-0.1, -0.05) is 12.1 Å². The minimum Gasteiger partial charge on any atom is -0.379 e. The Morgan fingerprint density at radius 3 is 2.36 bits per heavy atom. The minimum absolute atomic E-state index is 0.561. The topological polar surface area (TPSA) is 61.4 Å². The molecule has 0 bridgehead atoms.